The number of carbonyl (C=O) groups is 2. The van der Waals surface area contributed by atoms with Gasteiger partial charge in [0.1, 0.15) is 18.4 Å². The molecule has 1 atom stereocenters. The first-order chi connectivity index (χ1) is 15.3. The number of aliphatic imine (C=N–C) groups is 1. The fourth-order valence-corrected chi connectivity index (χ4v) is 3.26. The van der Waals surface area contributed by atoms with Crippen LogP contribution in [0.5, 0.6) is 5.75 Å². The van der Waals surface area contributed by atoms with Crippen LogP contribution >= 0.6 is 0 Å². The van der Waals surface area contributed by atoms with Crippen molar-refractivity contribution in [2.24, 2.45) is 4.99 Å². The van der Waals surface area contributed by atoms with E-state index in [0.29, 0.717) is 32.2 Å². The molecule has 178 valence electrons. The maximum atomic E-state index is 12.0. The van der Waals surface area contributed by atoms with Crippen molar-refractivity contribution in [2.45, 2.75) is 45.8 Å². The van der Waals surface area contributed by atoms with Crippen LogP contribution in [0.3, 0.4) is 0 Å². The molecule has 1 aromatic carbocycles. The molecule has 1 unspecified atom stereocenters. The van der Waals surface area contributed by atoms with Gasteiger partial charge in [-0.15, -0.1) is 0 Å². The highest BCUT2D eigenvalue weighted by Crippen LogP contribution is 2.14. The van der Waals surface area contributed by atoms with Crippen LogP contribution in [0, 0.1) is 6.92 Å². The molecule has 1 fully saturated rings. The van der Waals surface area contributed by atoms with E-state index in [-0.39, 0.29) is 30.7 Å². The van der Waals surface area contributed by atoms with E-state index in [1.54, 1.807) is 25.9 Å². The highest BCUT2D eigenvalue weighted by molar-refractivity contribution is 5.85. The molecule has 0 bridgehead atoms. The van der Waals surface area contributed by atoms with E-state index in [1.165, 1.54) is 4.90 Å². The zero-order valence-corrected chi connectivity index (χ0v) is 19.9. The quantitative estimate of drug-likeness (QED) is 0.468. The number of nitrogens with one attached hydrogen (secondary N) is 2. The molecule has 9 heteroatoms. The summed E-state index contributed by atoms with van der Waals surface area (Å²) in [6.07, 6.45) is 1.18. The summed E-state index contributed by atoms with van der Waals surface area (Å²) in [7, 11) is 3.42. The first-order valence-corrected chi connectivity index (χ1v) is 11.2. The third-order valence-electron chi connectivity index (χ3n) is 5.12. The lowest BCUT2D eigenvalue weighted by atomic mass is 10.1. The van der Waals surface area contributed by atoms with Crippen molar-refractivity contribution in [3.63, 3.8) is 0 Å². The summed E-state index contributed by atoms with van der Waals surface area (Å²) in [5, 5.41) is 6.69. The van der Waals surface area contributed by atoms with Gasteiger partial charge in [-0.25, -0.2) is 9.79 Å². The van der Waals surface area contributed by atoms with E-state index >= 15 is 0 Å². The van der Waals surface area contributed by atoms with Gasteiger partial charge in [0.25, 0.3) is 0 Å². The Morgan fingerprint density at radius 1 is 1.28 bits per heavy atom. The van der Waals surface area contributed by atoms with Crippen molar-refractivity contribution in [2.75, 3.05) is 46.9 Å². The molecule has 1 saturated heterocycles. The van der Waals surface area contributed by atoms with Gasteiger partial charge < -0.3 is 29.9 Å². The minimum atomic E-state index is -0.267. The molecule has 1 heterocycles. The fourth-order valence-electron chi connectivity index (χ4n) is 3.26. The van der Waals surface area contributed by atoms with E-state index in [0.717, 1.165) is 24.2 Å². The van der Waals surface area contributed by atoms with Gasteiger partial charge in [-0.1, -0.05) is 12.1 Å². The first-order valence-electron chi connectivity index (χ1n) is 11.2. The number of ether oxygens (including phenoxy) is 2. The number of nitrogens with zero attached hydrogens (tertiary/aromatic N) is 3. The Labute approximate surface area is 191 Å². The lowest BCUT2D eigenvalue weighted by molar-refractivity contribution is -0.127. The van der Waals surface area contributed by atoms with Crippen LogP contribution in [-0.2, 0) is 9.53 Å². The maximum absolute atomic E-state index is 12.0. The van der Waals surface area contributed by atoms with Crippen LogP contribution in [0.1, 0.15) is 32.3 Å². The van der Waals surface area contributed by atoms with Crippen LogP contribution in [0.4, 0.5) is 4.79 Å². The smallest absolute Gasteiger partial charge is 0.409 e. The van der Waals surface area contributed by atoms with Crippen molar-refractivity contribution in [3.05, 3.63) is 29.8 Å². The Morgan fingerprint density at radius 3 is 2.62 bits per heavy atom. The second-order valence-corrected chi connectivity index (χ2v) is 8.18. The molecule has 0 aliphatic carbocycles. The van der Waals surface area contributed by atoms with Crippen molar-refractivity contribution in [1.29, 1.82) is 0 Å². The maximum Gasteiger partial charge on any atom is 0.409 e. The van der Waals surface area contributed by atoms with Crippen LogP contribution < -0.4 is 15.4 Å². The Bertz CT molecular complexity index is 775. The molecule has 1 aromatic rings. The fraction of sp³-hybridized carbons (Fsp3) is 0.609. The monoisotopic (exact) mass is 447 g/mol. The van der Waals surface area contributed by atoms with E-state index in [9.17, 15) is 9.59 Å². The standard InChI is InChI=1S/C23H37N5O4/c1-6-31-23(30)28-12-10-19(11-13-28)26-22(25-16-21(29)27(4)5)24-15-18(3)32-20-9-7-8-17(2)14-20/h7-9,14,18-19H,6,10-13,15-16H2,1-5H3,(H2,24,25,26). The molecule has 0 radical (unpaired) electrons. The number of carbonyl (C=O) groups excluding carboxylic acids is 2. The predicted molar refractivity (Wildman–Crippen MR) is 125 cm³/mol. The summed E-state index contributed by atoms with van der Waals surface area (Å²) in [4.78, 5) is 31.6. The lowest BCUT2D eigenvalue weighted by Crippen LogP contribution is -2.51. The van der Waals surface area contributed by atoms with Gasteiger partial charge in [-0.05, 0) is 51.3 Å². The highest BCUT2D eigenvalue weighted by Gasteiger charge is 2.24. The largest absolute Gasteiger partial charge is 0.489 e. The van der Waals surface area contributed by atoms with Crippen molar-refractivity contribution >= 4 is 18.0 Å². The van der Waals surface area contributed by atoms with Crippen LogP contribution in [0.25, 0.3) is 0 Å². The minimum Gasteiger partial charge on any atom is -0.489 e. The Hall–Kier alpha value is -2.97. The van der Waals surface area contributed by atoms with Gasteiger partial charge in [-0.3, -0.25) is 4.79 Å². The molecule has 2 rings (SSSR count). The number of likely N-dealkylation sites (tertiary alicyclic amines) is 1. The summed E-state index contributed by atoms with van der Waals surface area (Å²) in [5.74, 6) is 1.31. The predicted octanol–water partition coefficient (Wildman–Crippen LogP) is 2.01. The van der Waals surface area contributed by atoms with E-state index in [4.69, 9.17) is 9.47 Å². The number of likely N-dealkylation sites (N-methyl/N-ethyl adjacent to an activating group) is 1. The SMILES string of the molecule is CCOC(=O)N1CCC(NC(=NCC(=O)N(C)C)NCC(C)Oc2cccc(C)c2)CC1. The summed E-state index contributed by atoms with van der Waals surface area (Å²) in [5.41, 5.74) is 1.14. The van der Waals surface area contributed by atoms with Gasteiger partial charge in [0.05, 0.1) is 13.2 Å². The van der Waals surface area contributed by atoms with Crippen LogP contribution in [0.2, 0.25) is 0 Å². The van der Waals surface area contributed by atoms with E-state index in [2.05, 4.69) is 15.6 Å². The lowest BCUT2D eigenvalue weighted by Gasteiger charge is -2.32. The number of benzene rings is 1. The second-order valence-electron chi connectivity index (χ2n) is 8.18. The Kier molecular flexibility index (Phi) is 10.1. The number of hydrogen-bond donors (Lipinski definition) is 2. The van der Waals surface area contributed by atoms with Crippen molar-refractivity contribution in [1.82, 2.24) is 20.4 Å². The number of aryl methyl sites for hydroxylation is 1. The second kappa shape index (κ2) is 12.8. The van der Waals surface area contributed by atoms with Gasteiger partial charge in [0, 0.05) is 33.2 Å². The number of amides is 2. The molecule has 32 heavy (non-hydrogen) atoms. The van der Waals surface area contributed by atoms with Gasteiger partial charge in [0.15, 0.2) is 5.96 Å². The molecular weight excluding hydrogens is 410 g/mol. The van der Waals surface area contributed by atoms with Gasteiger partial charge in [0.2, 0.25) is 5.91 Å². The molecular formula is C23H37N5O4. The molecule has 1 aliphatic heterocycles. The minimum absolute atomic E-state index is 0.0527. The van der Waals surface area contributed by atoms with E-state index < -0.39 is 0 Å². The molecule has 0 saturated carbocycles. The average Bonchev–Trinajstić information content (AvgIpc) is 2.76. The normalized spacial score (nSPS) is 15.7. The zero-order valence-electron chi connectivity index (χ0n) is 19.9. The third kappa shape index (κ3) is 8.64. The van der Waals surface area contributed by atoms with Crippen molar-refractivity contribution in [3.8, 4) is 5.75 Å². The Morgan fingerprint density at radius 2 is 2.00 bits per heavy atom. The molecule has 2 N–H and O–H groups in total. The number of piperidine rings is 1. The molecule has 9 nitrogen and oxygen atoms in total. The third-order valence-corrected chi connectivity index (χ3v) is 5.12. The highest BCUT2D eigenvalue weighted by atomic mass is 16.6. The Balaban J connectivity index is 1.92. The molecule has 2 amide bonds. The first kappa shape index (κ1) is 25.3. The molecule has 1 aliphatic rings. The molecule has 0 spiro atoms. The van der Waals surface area contributed by atoms with Gasteiger partial charge in [-0.2, -0.15) is 0 Å². The topological polar surface area (TPSA) is 95.5 Å². The summed E-state index contributed by atoms with van der Waals surface area (Å²) >= 11 is 0. The summed E-state index contributed by atoms with van der Waals surface area (Å²) in [6.45, 7) is 8.00. The van der Waals surface area contributed by atoms with Crippen LogP contribution in [0.15, 0.2) is 29.3 Å². The van der Waals surface area contributed by atoms with Crippen molar-refractivity contribution < 1.29 is 19.1 Å². The number of guanidine groups is 1. The summed E-state index contributed by atoms with van der Waals surface area (Å²) < 4.78 is 11.1. The zero-order chi connectivity index (χ0) is 23.5. The number of rotatable bonds is 8. The average molecular weight is 448 g/mol. The van der Waals surface area contributed by atoms with Gasteiger partial charge >= 0.3 is 6.09 Å². The summed E-state index contributed by atoms with van der Waals surface area (Å²) in [6, 6.07) is 8.07. The van der Waals surface area contributed by atoms with E-state index in [1.807, 2.05) is 38.1 Å². The number of hydrogen-bond acceptors (Lipinski definition) is 5. The molecule has 0 aromatic heterocycles. The van der Waals surface area contributed by atoms with Crippen LogP contribution in [-0.4, -0.2) is 86.8 Å².